The third-order valence-corrected chi connectivity index (χ3v) is 6.77. The van der Waals surface area contributed by atoms with Gasteiger partial charge in [0.1, 0.15) is 17.5 Å². The van der Waals surface area contributed by atoms with Gasteiger partial charge in [0.05, 0.1) is 27.5 Å². The first-order chi connectivity index (χ1) is 18.5. The van der Waals surface area contributed by atoms with Crippen molar-refractivity contribution in [3.8, 4) is 17.2 Å². The first-order valence-corrected chi connectivity index (χ1v) is 12.8. The van der Waals surface area contributed by atoms with Gasteiger partial charge >= 0.3 is 0 Å². The van der Waals surface area contributed by atoms with Crippen LogP contribution >= 0.6 is 0 Å². The number of rotatable bonds is 10. The molecular formula is C29H34N4O5. The van der Waals surface area contributed by atoms with E-state index in [0.29, 0.717) is 22.8 Å². The number of methoxy groups -OCH3 is 3. The van der Waals surface area contributed by atoms with Gasteiger partial charge in [-0.2, -0.15) is 0 Å². The number of amides is 2. The molecule has 0 bridgehead atoms. The van der Waals surface area contributed by atoms with Gasteiger partial charge in [-0.25, -0.2) is 4.98 Å². The number of hydrogen-bond donors (Lipinski definition) is 1. The Labute approximate surface area is 223 Å². The third kappa shape index (κ3) is 6.40. The number of carbonyl (C=O) groups is 2. The van der Waals surface area contributed by atoms with E-state index >= 15 is 0 Å². The Morgan fingerprint density at radius 2 is 1.76 bits per heavy atom. The zero-order chi connectivity index (χ0) is 26.9. The second-order valence-electron chi connectivity index (χ2n) is 9.24. The maximum Gasteiger partial charge on any atom is 0.275 e. The molecule has 38 heavy (non-hydrogen) atoms. The highest BCUT2D eigenvalue weighted by Gasteiger charge is 2.35. The van der Waals surface area contributed by atoms with Crippen LogP contribution in [0.4, 0.5) is 0 Å². The molecule has 9 heteroatoms. The minimum Gasteiger partial charge on any atom is -0.497 e. The summed E-state index contributed by atoms with van der Waals surface area (Å²) in [5.41, 5.74) is 1.54. The Morgan fingerprint density at radius 1 is 0.974 bits per heavy atom. The van der Waals surface area contributed by atoms with Gasteiger partial charge in [-0.05, 0) is 48.2 Å². The highest BCUT2D eigenvalue weighted by molar-refractivity contribution is 5.96. The lowest BCUT2D eigenvalue weighted by Crippen LogP contribution is -2.47. The number of nitrogens with zero attached hydrogens (tertiary/aromatic N) is 3. The molecule has 1 N–H and O–H groups in total. The topological polar surface area (TPSA) is 103 Å². The number of carbonyl (C=O) groups excluding carboxylic acids is 2. The minimum absolute atomic E-state index is 0.0594. The van der Waals surface area contributed by atoms with Crippen molar-refractivity contribution in [3.63, 3.8) is 0 Å². The summed E-state index contributed by atoms with van der Waals surface area (Å²) in [6, 6.07) is 11.8. The smallest absolute Gasteiger partial charge is 0.275 e. The van der Waals surface area contributed by atoms with E-state index in [0.717, 1.165) is 31.2 Å². The molecule has 2 amide bonds. The molecule has 1 aromatic heterocycles. The molecule has 3 aromatic rings. The molecule has 1 aliphatic carbocycles. The molecule has 0 saturated heterocycles. The van der Waals surface area contributed by atoms with Gasteiger partial charge in [0.25, 0.3) is 5.91 Å². The maximum absolute atomic E-state index is 14.0. The van der Waals surface area contributed by atoms with Gasteiger partial charge in [0.15, 0.2) is 11.5 Å². The number of hydrogen-bond acceptors (Lipinski definition) is 7. The molecule has 0 radical (unpaired) electrons. The zero-order valence-electron chi connectivity index (χ0n) is 22.1. The average Bonchev–Trinajstić information content (AvgIpc) is 2.97. The fraction of sp³-hybridized carbons (Fsp3) is 0.379. The molecule has 1 heterocycles. The highest BCUT2D eigenvalue weighted by Crippen LogP contribution is 2.34. The zero-order valence-corrected chi connectivity index (χ0v) is 22.1. The highest BCUT2D eigenvalue weighted by atomic mass is 16.5. The van der Waals surface area contributed by atoms with Gasteiger partial charge in [-0.3, -0.25) is 14.6 Å². The van der Waals surface area contributed by atoms with Crippen LogP contribution in [0.25, 0.3) is 0 Å². The van der Waals surface area contributed by atoms with E-state index in [1.165, 1.54) is 37.0 Å². The summed E-state index contributed by atoms with van der Waals surface area (Å²) < 4.78 is 16.3. The van der Waals surface area contributed by atoms with Gasteiger partial charge in [-0.15, -0.1) is 0 Å². The summed E-state index contributed by atoms with van der Waals surface area (Å²) in [5, 5.41) is 3.21. The van der Waals surface area contributed by atoms with Crippen molar-refractivity contribution in [2.75, 3.05) is 21.3 Å². The van der Waals surface area contributed by atoms with E-state index in [1.54, 1.807) is 32.4 Å². The van der Waals surface area contributed by atoms with Crippen LogP contribution in [0.5, 0.6) is 17.2 Å². The van der Waals surface area contributed by atoms with E-state index < -0.39 is 11.9 Å². The Hall–Kier alpha value is -4.14. The first-order valence-electron chi connectivity index (χ1n) is 12.8. The normalized spacial score (nSPS) is 14.3. The van der Waals surface area contributed by atoms with Gasteiger partial charge in [0, 0.05) is 25.0 Å². The van der Waals surface area contributed by atoms with Crippen molar-refractivity contribution in [1.82, 2.24) is 20.2 Å². The molecule has 0 aliphatic heterocycles. The molecule has 4 rings (SSSR count). The lowest BCUT2D eigenvalue weighted by molar-refractivity contribution is -0.127. The minimum atomic E-state index is -0.961. The first kappa shape index (κ1) is 26.9. The molecule has 1 fully saturated rings. The van der Waals surface area contributed by atoms with E-state index in [1.807, 2.05) is 24.3 Å². The second kappa shape index (κ2) is 12.9. The summed E-state index contributed by atoms with van der Waals surface area (Å²) in [6.07, 6.45) is 9.51. The van der Waals surface area contributed by atoms with Crippen LogP contribution in [0.3, 0.4) is 0 Å². The van der Waals surface area contributed by atoms with Crippen LogP contribution in [0.15, 0.2) is 61.1 Å². The summed E-state index contributed by atoms with van der Waals surface area (Å²) in [6.45, 7) is 0.143. The summed E-state index contributed by atoms with van der Waals surface area (Å²) >= 11 is 0. The second-order valence-corrected chi connectivity index (χ2v) is 9.24. The fourth-order valence-electron chi connectivity index (χ4n) is 4.83. The van der Waals surface area contributed by atoms with Gasteiger partial charge in [-0.1, -0.05) is 37.5 Å². The molecular weight excluding hydrogens is 484 g/mol. The number of benzene rings is 2. The van der Waals surface area contributed by atoms with Crippen LogP contribution in [-0.4, -0.2) is 54.1 Å². The van der Waals surface area contributed by atoms with E-state index in [9.17, 15) is 9.59 Å². The molecule has 1 atom stereocenters. The van der Waals surface area contributed by atoms with Gasteiger partial charge < -0.3 is 24.4 Å². The quantitative estimate of drug-likeness (QED) is 0.426. The third-order valence-electron chi connectivity index (χ3n) is 6.77. The SMILES string of the molecule is COc1cccc(CN(C(=O)c2cnccn2)[C@@H](C(=O)NC2CCCCC2)c2ccc(OC)c(OC)c2)c1. The standard InChI is InChI=1S/C29H34N4O5/c1-36-23-11-7-8-20(16-23)19-33(29(35)24-18-30-14-15-31-24)27(28(34)32-22-9-5-4-6-10-22)21-12-13-25(37-2)26(17-21)38-3/h7-8,11-18,22,27H,4-6,9-10,19H2,1-3H3,(H,32,34)/t27-/m1/s1. The van der Waals surface area contributed by atoms with Crippen LogP contribution < -0.4 is 19.5 Å². The molecule has 1 saturated carbocycles. The lowest BCUT2D eigenvalue weighted by atomic mass is 9.94. The summed E-state index contributed by atoms with van der Waals surface area (Å²) in [4.78, 5) is 37.8. The molecule has 200 valence electrons. The molecule has 0 spiro atoms. The Morgan fingerprint density at radius 3 is 2.45 bits per heavy atom. The lowest BCUT2D eigenvalue weighted by Gasteiger charge is -2.33. The molecule has 0 unspecified atom stereocenters. The van der Waals surface area contributed by atoms with Gasteiger partial charge in [0.2, 0.25) is 5.91 Å². The fourth-order valence-corrected chi connectivity index (χ4v) is 4.83. The predicted molar refractivity (Wildman–Crippen MR) is 142 cm³/mol. The average molecular weight is 519 g/mol. The van der Waals surface area contributed by atoms with Crippen LogP contribution in [0.2, 0.25) is 0 Å². The Kier molecular flexibility index (Phi) is 9.13. The van der Waals surface area contributed by atoms with Crippen molar-refractivity contribution < 1.29 is 23.8 Å². The van der Waals surface area contributed by atoms with Crippen molar-refractivity contribution in [3.05, 3.63) is 77.9 Å². The van der Waals surface area contributed by atoms with E-state index in [2.05, 4.69) is 15.3 Å². The largest absolute Gasteiger partial charge is 0.497 e. The Bertz CT molecular complexity index is 1230. The van der Waals surface area contributed by atoms with Crippen molar-refractivity contribution in [2.24, 2.45) is 0 Å². The van der Waals surface area contributed by atoms with Crippen molar-refractivity contribution >= 4 is 11.8 Å². The predicted octanol–water partition coefficient (Wildman–Crippen LogP) is 4.34. The van der Waals surface area contributed by atoms with E-state index in [-0.39, 0.29) is 24.2 Å². The number of nitrogens with one attached hydrogen (secondary N) is 1. The summed E-state index contributed by atoms with van der Waals surface area (Å²) in [5.74, 6) is 0.975. The summed E-state index contributed by atoms with van der Waals surface area (Å²) in [7, 11) is 4.68. The maximum atomic E-state index is 14.0. The van der Waals surface area contributed by atoms with Crippen LogP contribution in [-0.2, 0) is 11.3 Å². The molecule has 9 nitrogen and oxygen atoms in total. The number of aromatic nitrogens is 2. The monoisotopic (exact) mass is 518 g/mol. The van der Waals surface area contributed by atoms with Crippen molar-refractivity contribution in [1.29, 1.82) is 0 Å². The van der Waals surface area contributed by atoms with E-state index in [4.69, 9.17) is 14.2 Å². The van der Waals surface area contributed by atoms with Crippen LogP contribution in [0.1, 0.15) is 59.8 Å². The molecule has 2 aromatic carbocycles. The Balaban J connectivity index is 1.80. The molecule has 1 aliphatic rings. The van der Waals surface area contributed by atoms with Crippen LogP contribution in [0, 0.1) is 0 Å². The van der Waals surface area contributed by atoms with Crippen molar-refractivity contribution in [2.45, 2.75) is 50.7 Å². The number of ether oxygens (including phenoxy) is 3.